The van der Waals surface area contributed by atoms with Gasteiger partial charge in [-0.3, -0.25) is 4.79 Å². The zero-order valence-corrected chi connectivity index (χ0v) is 12.0. The molecule has 1 amide bonds. The smallest absolute Gasteiger partial charge is 0.350 e. The number of hydrogen-bond donors (Lipinski definition) is 1. The lowest BCUT2D eigenvalue weighted by Gasteiger charge is -2.16. The second-order valence-electron chi connectivity index (χ2n) is 5.85. The molecule has 0 aliphatic carbocycles. The Balaban J connectivity index is 2.18. The maximum atomic E-state index is 12.6. The third-order valence-electron chi connectivity index (χ3n) is 2.94. The topological polar surface area (TPSA) is 46.4 Å². The molecular weight excluding hydrogens is 283 g/mol. The fourth-order valence-corrected chi connectivity index (χ4v) is 1.73. The molecule has 0 aliphatic heterocycles. The molecule has 0 fully saturated rings. The number of nitrogens with zero attached hydrogens (tertiary/aromatic N) is 2. The van der Waals surface area contributed by atoms with Crippen LogP contribution in [0.2, 0.25) is 0 Å². The number of imidazole rings is 1. The van der Waals surface area contributed by atoms with E-state index < -0.39 is 17.2 Å². The molecule has 2 rings (SSSR count). The summed E-state index contributed by atoms with van der Waals surface area (Å²) in [5.74, 6) is -0.143. The van der Waals surface area contributed by atoms with Crippen LogP contribution in [0.25, 0.3) is 5.65 Å². The predicted molar refractivity (Wildman–Crippen MR) is 71.5 cm³/mol. The van der Waals surface area contributed by atoms with Gasteiger partial charge in [0.1, 0.15) is 5.65 Å². The second kappa shape index (κ2) is 5.05. The lowest BCUT2D eigenvalue weighted by molar-refractivity contribution is -0.137. The number of alkyl halides is 3. The van der Waals surface area contributed by atoms with Crippen molar-refractivity contribution < 1.29 is 18.0 Å². The highest BCUT2D eigenvalue weighted by molar-refractivity contribution is 5.81. The molecule has 4 nitrogen and oxygen atoms in total. The molecule has 1 N–H and O–H groups in total. The number of carbonyl (C=O) groups excluding carboxylic acids is 1. The Hall–Kier alpha value is -2.05. The molecule has 0 atom stereocenters. The molecule has 0 aromatic carbocycles. The summed E-state index contributed by atoms with van der Waals surface area (Å²) >= 11 is 0. The zero-order valence-electron chi connectivity index (χ0n) is 12.0. The maximum Gasteiger partial charge on any atom is 0.417 e. The number of hydrogen-bond acceptors (Lipinski definition) is 2. The number of aromatic nitrogens is 2. The van der Waals surface area contributed by atoms with Crippen LogP contribution >= 0.6 is 0 Å². The summed E-state index contributed by atoms with van der Waals surface area (Å²) < 4.78 is 39.2. The molecule has 21 heavy (non-hydrogen) atoms. The van der Waals surface area contributed by atoms with Gasteiger partial charge >= 0.3 is 6.18 Å². The molecular formula is C14H16F3N3O. The highest BCUT2D eigenvalue weighted by atomic mass is 19.4. The first kappa shape index (κ1) is 15.3. The Labute approximate surface area is 120 Å². The predicted octanol–water partition coefficient (Wildman–Crippen LogP) is 3.02. The Kier molecular flexibility index (Phi) is 3.69. The summed E-state index contributed by atoms with van der Waals surface area (Å²) in [7, 11) is 0. The van der Waals surface area contributed by atoms with Crippen molar-refractivity contribution in [2.45, 2.75) is 33.5 Å². The van der Waals surface area contributed by atoms with Crippen molar-refractivity contribution >= 4 is 11.6 Å². The number of rotatable bonds is 2. The lowest BCUT2D eigenvalue weighted by Crippen LogP contribution is -2.34. The molecule has 114 valence electrons. The number of carbonyl (C=O) groups is 1. The lowest BCUT2D eigenvalue weighted by atomic mass is 9.96. The van der Waals surface area contributed by atoms with Crippen molar-refractivity contribution in [3.8, 4) is 0 Å². The van der Waals surface area contributed by atoms with E-state index in [2.05, 4.69) is 10.3 Å². The molecule has 7 heteroatoms. The zero-order chi connectivity index (χ0) is 15.8. The van der Waals surface area contributed by atoms with E-state index in [1.165, 1.54) is 16.7 Å². The molecule has 2 aromatic heterocycles. The van der Waals surface area contributed by atoms with Gasteiger partial charge in [0, 0.05) is 17.8 Å². The van der Waals surface area contributed by atoms with E-state index in [9.17, 15) is 18.0 Å². The molecule has 0 saturated carbocycles. The Bertz CT molecular complexity index is 668. The van der Waals surface area contributed by atoms with Crippen molar-refractivity contribution in [2.24, 2.45) is 5.41 Å². The molecule has 2 heterocycles. The normalized spacial score (nSPS) is 12.7. The third kappa shape index (κ3) is 3.53. The van der Waals surface area contributed by atoms with Gasteiger partial charge in [-0.25, -0.2) is 4.98 Å². The van der Waals surface area contributed by atoms with Gasteiger partial charge < -0.3 is 9.72 Å². The fourth-order valence-electron chi connectivity index (χ4n) is 1.73. The van der Waals surface area contributed by atoms with E-state index in [0.29, 0.717) is 11.3 Å². The van der Waals surface area contributed by atoms with Crippen LogP contribution < -0.4 is 5.32 Å². The average Bonchev–Trinajstić information content (AvgIpc) is 2.75. The van der Waals surface area contributed by atoms with Gasteiger partial charge in [-0.1, -0.05) is 20.8 Å². The number of amides is 1. The van der Waals surface area contributed by atoms with E-state index in [1.807, 2.05) is 0 Å². The summed E-state index contributed by atoms with van der Waals surface area (Å²) in [5.41, 5.74) is -0.351. The Morgan fingerprint density at radius 2 is 1.90 bits per heavy atom. The molecule has 0 saturated heterocycles. The van der Waals surface area contributed by atoms with E-state index in [0.717, 1.165) is 12.3 Å². The van der Waals surface area contributed by atoms with Crippen molar-refractivity contribution in [1.29, 1.82) is 0 Å². The van der Waals surface area contributed by atoms with Gasteiger partial charge in [-0.05, 0) is 12.1 Å². The van der Waals surface area contributed by atoms with E-state index in [1.54, 1.807) is 20.8 Å². The van der Waals surface area contributed by atoms with E-state index >= 15 is 0 Å². The fraction of sp³-hybridized carbons (Fsp3) is 0.429. The SMILES string of the molecule is CC(C)(C)C(=O)NCc1cn2cc(C(F)(F)F)ccc2n1. The van der Waals surface area contributed by atoms with Crippen LogP contribution in [-0.4, -0.2) is 15.3 Å². The van der Waals surface area contributed by atoms with Gasteiger partial charge in [0.2, 0.25) is 5.91 Å². The summed E-state index contributed by atoms with van der Waals surface area (Å²) in [5, 5.41) is 2.71. The molecule has 2 aromatic rings. The molecule has 0 radical (unpaired) electrons. The van der Waals surface area contributed by atoms with Crippen LogP contribution in [0.15, 0.2) is 24.5 Å². The standard InChI is InChI=1S/C14H16F3N3O/c1-13(2,3)12(21)18-6-10-8-20-7-9(14(15,16)17)4-5-11(20)19-10/h4-5,7-8H,6H2,1-3H3,(H,18,21). The van der Waals surface area contributed by atoms with Crippen molar-refractivity contribution in [2.75, 3.05) is 0 Å². The van der Waals surface area contributed by atoms with Crippen LogP contribution in [0.1, 0.15) is 32.0 Å². The van der Waals surface area contributed by atoms with Crippen LogP contribution in [0.3, 0.4) is 0 Å². The number of pyridine rings is 1. The van der Waals surface area contributed by atoms with Gasteiger partial charge in [-0.15, -0.1) is 0 Å². The van der Waals surface area contributed by atoms with Gasteiger partial charge in [0.25, 0.3) is 0 Å². The van der Waals surface area contributed by atoms with Crippen molar-refractivity contribution in [3.05, 3.63) is 35.8 Å². The second-order valence-corrected chi connectivity index (χ2v) is 5.85. The largest absolute Gasteiger partial charge is 0.417 e. The van der Waals surface area contributed by atoms with Crippen molar-refractivity contribution in [3.63, 3.8) is 0 Å². The minimum absolute atomic E-state index is 0.143. The van der Waals surface area contributed by atoms with Crippen LogP contribution in [-0.2, 0) is 17.5 Å². The Morgan fingerprint density at radius 1 is 1.24 bits per heavy atom. The average molecular weight is 299 g/mol. The summed E-state index contributed by atoms with van der Waals surface area (Å²) in [6.45, 7) is 5.52. The first-order chi connectivity index (χ1) is 9.57. The highest BCUT2D eigenvalue weighted by Gasteiger charge is 2.30. The first-order valence-electron chi connectivity index (χ1n) is 6.40. The molecule has 0 aliphatic rings. The van der Waals surface area contributed by atoms with Crippen LogP contribution in [0, 0.1) is 5.41 Å². The number of fused-ring (bicyclic) bond motifs is 1. The summed E-state index contributed by atoms with van der Waals surface area (Å²) in [6, 6.07) is 2.29. The maximum absolute atomic E-state index is 12.6. The molecule has 0 unspecified atom stereocenters. The first-order valence-corrected chi connectivity index (χ1v) is 6.40. The quantitative estimate of drug-likeness (QED) is 0.926. The summed E-state index contributed by atoms with van der Waals surface area (Å²) in [4.78, 5) is 15.9. The van der Waals surface area contributed by atoms with Crippen LogP contribution in [0.5, 0.6) is 0 Å². The number of nitrogens with one attached hydrogen (secondary N) is 1. The van der Waals surface area contributed by atoms with Crippen molar-refractivity contribution in [1.82, 2.24) is 14.7 Å². The van der Waals surface area contributed by atoms with E-state index in [-0.39, 0.29) is 12.5 Å². The van der Waals surface area contributed by atoms with Gasteiger partial charge in [0.05, 0.1) is 17.8 Å². The van der Waals surface area contributed by atoms with Gasteiger partial charge in [0.15, 0.2) is 0 Å². The number of halogens is 3. The monoisotopic (exact) mass is 299 g/mol. The van der Waals surface area contributed by atoms with E-state index in [4.69, 9.17) is 0 Å². The minimum Gasteiger partial charge on any atom is -0.350 e. The van der Waals surface area contributed by atoms with Crippen LogP contribution in [0.4, 0.5) is 13.2 Å². The van der Waals surface area contributed by atoms with Gasteiger partial charge in [-0.2, -0.15) is 13.2 Å². The molecule has 0 bridgehead atoms. The molecule has 0 spiro atoms. The Morgan fingerprint density at radius 3 is 2.48 bits per heavy atom. The third-order valence-corrected chi connectivity index (χ3v) is 2.94. The highest BCUT2D eigenvalue weighted by Crippen LogP contribution is 2.29. The minimum atomic E-state index is -4.39. The summed E-state index contributed by atoms with van der Waals surface area (Å²) in [6.07, 6.45) is -1.93.